The minimum absolute atomic E-state index is 0.0466. The summed E-state index contributed by atoms with van der Waals surface area (Å²) in [5.41, 5.74) is 7.60. The number of alkyl halides is 1. The van der Waals surface area contributed by atoms with Crippen LogP contribution >= 0.6 is 0 Å². The van der Waals surface area contributed by atoms with Crippen molar-refractivity contribution in [3.63, 3.8) is 0 Å². The summed E-state index contributed by atoms with van der Waals surface area (Å²) in [6.07, 6.45) is 2.97. The Morgan fingerprint density at radius 2 is 2.23 bits per heavy atom. The Kier molecular flexibility index (Phi) is 5.44. The van der Waals surface area contributed by atoms with Crippen molar-refractivity contribution in [2.24, 2.45) is 5.92 Å². The van der Waals surface area contributed by atoms with Gasteiger partial charge < -0.3 is 9.64 Å². The molecule has 0 radical (unpaired) electrons. The van der Waals surface area contributed by atoms with Gasteiger partial charge in [-0.15, -0.1) is 0 Å². The van der Waals surface area contributed by atoms with Crippen LogP contribution in [0.1, 0.15) is 18.0 Å². The molecule has 1 aromatic rings. The van der Waals surface area contributed by atoms with Gasteiger partial charge in [0.25, 0.3) is 0 Å². The molecule has 4 rings (SSSR count). The number of ether oxygens (including phenoxy) is 1. The van der Waals surface area contributed by atoms with Crippen molar-refractivity contribution in [3.8, 4) is 0 Å². The zero-order valence-electron chi connectivity index (χ0n) is 14.8. The molecule has 1 amide bonds. The number of hydrogen-bond donors (Lipinski definition) is 2. The highest BCUT2D eigenvalue weighted by Crippen LogP contribution is 2.29. The number of nitrogens with one attached hydrogen (secondary N) is 2. The third kappa shape index (κ3) is 3.73. The fourth-order valence-electron chi connectivity index (χ4n) is 4.22. The van der Waals surface area contributed by atoms with Crippen molar-refractivity contribution in [2.75, 3.05) is 45.9 Å². The van der Waals surface area contributed by atoms with Gasteiger partial charge in [0.05, 0.1) is 25.3 Å². The predicted molar refractivity (Wildman–Crippen MR) is 93.9 cm³/mol. The van der Waals surface area contributed by atoms with Crippen molar-refractivity contribution >= 4 is 5.91 Å². The van der Waals surface area contributed by atoms with E-state index in [2.05, 4.69) is 15.8 Å². The normalized spacial score (nSPS) is 32.9. The topological polar surface area (TPSA) is 69.7 Å². The number of nitrogens with zero attached hydrogens (tertiary/aromatic N) is 3. The molecule has 0 bridgehead atoms. The van der Waals surface area contributed by atoms with Crippen LogP contribution in [0.15, 0.2) is 24.5 Å². The van der Waals surface area contributed by atoms with Crippen LogP contribution in [0.4, 0.5) is 4.39 Å². The Balaban J connectivity index is 1.44. The largest absolute Gasteiger partial charge is 0.378 e. The molecule has 7 nitrogen and oxygen atoms in total. The lowest BCUT2D eigenvalue weighted by Crippen LogP contribution is -2.50. The van der Waals surface area contributed by atoms with Gasteiger partial charge in [-0.3, -0.25) is 20.1 Å². The van der Waals surface area contributed by atoms with Crippen LogP contribution in [-0.4, -0.2) is 78.8 Å². The van der Waals surface area contributed by atoms with Crippen LogP contribution in [0.2, 0.25) is 0 Å². The number of halogens is 1. The summed E-state index contributed by atoms with van der Waals surface area (Å²) in [6.45, 7) is 4.13. The molecule has 0 aliphatic carbocycles. The average Bonchev–Trinajstić information content (AvgIpc) is 3.29. The molecular weight excluding hydrogens is 337 g/mol. The average molecular weight is 363 g/mol. The Morgan fingerprint density at radius 3 is 3.00 bits per heavy atom. The lowest BCUT2D eigenvalue weighted by Gasteiger charge is -2.33. The number of hydrogen-bond acceptors (Lipinski definition) is 6. The fraction of sp³-hybridized carbons (Fsp3) is 0.667. The molecule has 0 aromatic carbocycles. The monoisotopic (exact) mass is 363 g/mol. The van der Waals surface area contributed by atoms with Gasteiger partial charge in [0.2, 0.25) is 5.91 Å². The van der Waals surface area contributed by atoms with Crippen molar-refractivity contribution in [1.82, 2.24) is 25.6 Å². The van der Waals surface area contributed by atoms with Gasteiger partial charge in [-0.2, -0.15) is 0 Å². The molecule has 4 atom stereocenters. The summed E-state index contributed by atoms with van der Waals surface area (Å²) in [6, 6.07) is 3.72. The van der Waals surface area contributed by atoms with Crippen LogP contribution in [0.5, 0.6) is 0 Å². The van der Waals surface area contributed by atoms with E-state index in [9.17, 15) is 9.18 Å². The first kappa shape index (κ1) is 17.8. The van der Waals surface area contributed by atoms with Crippen LogP contribution in [0.25, 0.3) is 0 Å². The Hall–Kier alpha value is -1.61. The van der Waals surface area contributed by atoms with E-state index in [1.54, 1.807) is 6.20 Å². The van der Waals surface area contributed by atoms with E-state index in [0.717, 1.165) is 12.1 Å². The standard InChI is InChI=1S/C18H26FN5O2/c19-15-8-16(18(25)23-4-6-26-7-5-23)24(12-15)11-14-10-21-22-17(14)13-2-1-3-20-9-13/h1-3,9,14-17,21-22H,4-8,10-12H2/t14?,15-,16+,17?/m1/s1. The molecule has 3 saturated heterocycles. The number of aromatic nitrogens is 1. The van der Waals surface area contributed by atoms with E-state index < -0.39 is 6.17 Å². The lowest BCUT2D eigenvalue weighted by atomic mass is 9.95. The highest BCUT2D eigenvalue weighted by molar-refractivity contribution is 5.82. The maximum Gasteiger partial charge on any atom is 0.240 e. The molecule has 0 spiro atoms. The van der Waals surface area contributed by atoms with Gasteiger partial charge in [0.1, 0.15) is 6.17 Å². The van der Waals surface area contributed by atoms with Gasteiger partial charge in [-0.05, 0) is 11.6 Å². The zero-order chi connectivity index (χ0) is 17.9. The zero-order valence-corrected chi connectivity index (χ0v) is 14.8. The quantitative estimate of drug-likeness (QED) is 0.792. The minimum atomic E-state index is -0.941. The molecule has 2 unspecified atom stereocenters. The number of hydrazine groups is 1. The first-order chi connectivity index (χ1) is 12.7. The molecule has 4 heterocycles. The summed E-state index contributed by atoms with van der Waals surface area (Å²) >= 11 is 0. The van der Waals surface area contributed by atoms with Crippen LogP contribution in [0.3, 0.4) is 0 Å². The Bertz CT molecular complexity index is 613. The molecular formula is C18H26FN5O2. The Labute approximate surface area is 152 Å². The molecule has 3 aliphatic rings. The summed E-state index contributed by atoms with van der Waals surface area (Å²) in [4.78, 5) is 21.0. The lowest BCUT2D eigenvalue weighted by molar-refractivity contribution is -0.140. The first-order valence-corrected chi connectivity index (χ1v) is 9.35. The van der Waals surface area contributed by atoms with Crippen LogP contribution in [-0.2, 0) is 9.53 Å². The number of carbonyl (C=O) groups excluding carboxylic acids is 1. The second-order valence-corrected chi connectivity index (χ2v) is 7.29. The number of carbonyl (C=O) groups is 1. The SMILES string of the molecule is O=C([C@@H]1C[C@@H](F)CN1CC1CNNC1c1cccnc1)N1CCOCC1. The van der Waals surface area contributed by atoms with Gasteiger partial charge in [0, 0.05) is 57.5 Å². The van der Waals surface area contributed by atoms with E-state index in [1.165, 1.54) is 0 Å². The molecule has 2 N–H and O–H groups in total. The second-order valence-electron chi connectivity index (χ2n) is 7.29. The van der Waals surface area contributed by atoms with E-state index in [4.69, 9.17) is 4.74 Å². The first-order valence-electron chi connectivity index (χ1n) is 9.35. The maximum atomic E-state index is 14.2. The maximum absolute atomic E-state index is 14.2. The van der Waals surface area contributed by atoms with Gasteiger partial charge >= 0.3 is 0 Å². The highest BCUT2D eigenvalue weighted by Gasteiger charge is 2.41. The highest BCUT2D eigenvalue weighted by atomic mass is 19.1. The molecule has 3 aliphatic heterocycles. The minimum Gasteiger partial charge on any atom is -0.378 e. The molecule has 8 heteroatoms. The summed E-state index contributed by atoms with van der Waals surface area (Å²) in [7, 11) is 0. The van der Waals surface area contributed by atoms with Crippen LogP contribution < -0.4 is 10.9 Å². The molecule has 0 saturated carbocycles. The Morgan fingerprint density at radius 1 is 1.38 bits per heavy atom. The second kappa shape index (κ2) is 7.96. The summed E-state index contributed by atoms with van der Waals surface area (Å²) in [5.74, 6) is 0.301. The van der Waals surface area contributed by atoms with E-state index in [-0.39, 0.29) is 23.9 Å². The third-order valence-corrected chi connectivity index (χ3v) is 5.57. The third-order valence-electron chi connectivity index (χ3n) is 5.57. The van der Waals surface area contributed by atoms with E-state index in [1.807, 2.05) is 28.1 Å². The molecule has 26 heavy (non-hydrogen) atoms. The molecule has 3 fully saturated rings. The smallest absolute Gasteiger partial charge is 0.240 e. The van der Waals surface area contributed by atoms with Crippen molar-refractivity contribution < 1.29 is 13.9 Å². The predicted octanol–water partition coefficient (Wildman–Crippen LogP) is 0.118. The summed E-state index contributed by atoms with van der Waals surface area (Å²) in [5, 5.41) is 0. The van der Waals surface area contributed by atoms with Crippen molar-refractivity contribution in [3.05, 3.63) is 30.1 Å². The van der Waals surface area contributed by atoms with Gasteiger partial charge in [-0.25, -0.2) is 9.82 Å². The fourth-order valence-corrected chi connectivity index (χ4v) is 4.22. The number of morpholine rings is 1. The van der Waals surface area contributed by atoms with Gasteiger partial charge in [0.15, 0.2) is 0 Å². The van der Waals surface area contributed by atoms with Crippen molar-refractivity contribution in [2.45, 2.75) is 24.7 Å². The number of pyridine rings is 1. The number of likely N-dealkylation sites (tertiary alicyclic amines) is 1. The van der Waals surface area contributed by atoms with E-state index >= 15 is 0 Å². The van der Waals surface area contributed by atoms with Gasteiger partial charge in [-0.1, -0.05) is 6.07 Å². The molecule has 1 aromatic heterocycles. The van der Waals surface area contributed by atoms with Crippen molar-refractivity contribution in [1.29, 1.82) is 0 Å². The van der Waals surface area contributed by atoms with Crippen LogP contribution in [0, 0.1) is 5.92 Å². The van der Waals surface area contributed by atoms with E-state index in [0.29, 0.717) is 45.8 Å². The number of amides is 1. The number of rotatable bonds is 4. The summed E-state index contributed by atoms with van der Waals surface area (Å²) < 4.78 is 19.5. The molecule has 142 valence electrons.